The topological polar surface area (TPSA) is 20.3 Å². The zero-order valence-corrected chi connectivity index (χ0v) is 7.42. The molecule has 0 bridgehead atoms. The van der Waals surface area contributed by atoms with E-state index in [9.17, 15) is 4.79 Å². The van der Waals surface area contributed by atoms with Gasteiger partial charge in [-0.1, -0.05) is 5.57 Å². The van der Waals surface area contributed by atoms with Crippen LogP contribution in [0.5, 0.6) is 0 Å². The van der Waals surface area contributed by atoms with Crippen molar-refractivity contribution in [3.63, 3.8) is 0 Å². The lowest BCUT2D eigenvalue weighted by Crippen LogP contribution is -2.20. The van der Waals surface area contributed by atoms with Crippen molar-refractivity contribution >= 4 is 5.78 Å². The van der Waals surface area contributed by atoms with E-state index in [0.717, 1.165) is 13.0 Å². The first-order valence-corrected chi connectivity index (χ1v) is 4.00. The van der Waals surface area contributed by atoms with Gasteiger partial charge in [0.15, 0.2) is 5.78 Å². The minimum absolute atomic E-state index is 0.169. The van der Waals surface area contributed by atoms with Crippen LogP contribution < -0.4 is 0 Å². The SMILES string of the molecule is CC(=O)C=C1CC(C)N(C)C1. The highest BCUT2D eigenvalue weighted by Crippen LogP contribution is 2.19. The molecule has 1 rings (SSSR count). The van der Waals surface area contributed by atoms with E-state index in [4.69, 9.17) is 0 Å². The van der Waals surface area contributed by atoms with Gasteiger partial charge in [0.2, 0.25) is 0 Å². The van der Waals surface area contributed by atoms with E-state index >= 15 is 0 Å². The molecule has 0 aromatic rings. The Morgan fingerprint density at radius 2 is 2.36 bits per heavy atom. The average molecular weight is 153 g/mol. The number of hydrogen-bond donors (Lipinski definition) is 0. The van der Waals surface area contributed by atoms with E-state index in [1.807, 2.05) is 0 Å². The number of carbonyl (C=O) groups is 1. The normalized spacial score (nSPS) is 29.7. The van der Waals surface area contributed by atoms with Crippen molar-refractivity contribution in [2.75, 3.05) is 13.6 Å². The van der Waals surface area contributed by atoms with Crippen LogP contribution in [0.1, 0.15) is 20.3 Å². The van der Waals surface area contributed by atoms with Gasteiger partial charge in [0.05, 0.1) is 0 Å². The Labute approximate surface area is 67.9 Å². The molecule has 0 aromatic carbocycles. The van der Waals surface area contributed by atoms with Gasteiger partial charge >= 0.3 is 0 Å². The molecule has 0 radical (unpaired) electrons. The predicted octanol–water partition coefficient (Wildman–Crippen LogP) is 1.23. The number of nitrogens with zero attached hydrogens (tertiary/aromatic N) is 1. The summed E-state index contributed by atoms with van der Waals surface area (Å²) in [6, 6.07) is 0.598. The van der Waals surface area contributed by atoms with Crippen LogP contribution in [0.2, 0.25) is 0 Å². The highest BCUT2D eigenvalue weighted by molar-refractivity contribution is 5.88. The second kappa shape index (κ2) is 3.18. The third-order valence-electron chi connectivity index (χ3n) is 2.17. The molecule has 1 aliphatic heterocycles. The lowest BCUT2D eigenvalue weighted by atomic mass is 10.1. The fourth-order valence-corrected chi connectivity index (χ4v) is 1.47. The van der Waals surface area contributed by atoms with Gasteiger partial charge in [-0.2, -0.15) is 0 Å². The van der Waals surface area contributed by atoms with E-state index in [-0.39, 0.29) is 5.78 Å². The number of likely N-dealkylation sites (tertiary alicyclic amines) is 1. The summed E-state index contributed by atoms with van der Waals surface area (Å²) >= 11 is 0. The van der Waals surface area contributed by atoms with Crippen molar-refractivity contribution in [2.45, 2.75) is 26.3 Å². The van der Waals surface area contributed by atoms with Gasteiger partial charge in [0, 0.05) is 12.6 Å². The Hall–Kier alpha value is -0.630. The molecule has 0 spiro atoms. The maximum absolute atomic E-state index is 10.7. The molecular weight excluding hydrogens is 138 g/mol. The Kier molecular flexibility index (Phi) is 2.45. The van der Waals surface area contributed by atoms with Crippen LogP contribution in [-0.2, 0) is 4.79 Å². The van der Waals surface area contributed by atoms with E-state index in [1.54, 1.807) is 13.0 Å². The summed E-state index contributed by atoms with van der Waals surface area (Å²) in [4.78, 5) is 13.0. The van der Waals surface area contributed by atoms with Crippen molar-refractivity contribution in [3.05, 3.63) is 11.6 Å². The highest BCUT2D eigenvalue weighted by atomic mass is 16.1. The summed E-state index contributed by atoms with van der Waals surface area (Å²) in [6.07, 6.45) is 2.82. The standard InChI is InChI=1S/C9H15NO/c1-7-4-9(5-8(2)11)6-10(7)3/h5,7H,4,6H2,1-3H3. The van der Waals surface area contributed by atoms with Crippen LogP contribution in [0.4, 0.5) is 0 Å². The summed E-state index contributed by atoms with van der Waals surface area (Å²) in [5, 5.41) is 0. The number of carbonyl (C=O) groups excluding carboxylic acids is 1. The van der Waals surface area contributed by atoms with Crippen LogP contribution in [0.25, 0.3) is 0 Å². The molecule has 0 aromatic heterocycles. The van der Waals surface area contributed by atoms with Crippen molar-refractivity contribution in [2.24, 2.45) is 0 Å². The number of ketones is 1. The Bertz CT molecular complexity index is 184. The first kappa shape index (κ1) is 8.47. The van der Waals surface area contributed by atoms with Gasteiger partial charge < -0.3 is 0 Å². The van der Waals surface area contributed by atoms with E-state index in [1.165, 1.54) is 5.57 Å². The Morgan fingerprint density at radius 1 is 1.73 bits per heavy atom. The van der Waals surface area contributed by atoms with Gasteiger partial charge in [0.1, 0.15) is 0 Å². The Balaban J connectivity index is 2.60. The second-order valence-electron chi connectivity index (χ2n) is 3.38. The van der Waals surface area contributed by atoms with E-state index in [2.05, 4.69) is 18.9 Å². The summed E-state index contributed by atoms with van der Waals surface area (Å²) in [6.45, 7) is 4.75. The fraction of sp³-hybridized carbons (Fsp3) is 0.667. The largest absolute Gasteiger partial charge is 0.299 e. The van der Waals surface area contributed by atoms with Gasteiger partial charge in [-0.25, -0.2) is 0 Å². The van der Waals surface area contributed by atoms with Crippen molar-refractivity contribution in [1.29, 1.82) is 0 Å². The molecule has 2 nitrogen and oxygen atoms in total. The smallest absolute Gasteiger partial charge is 0.152 e. The molecule has 1 aliphatic rings. The molecule has 2 heteroatoms. The molecule has 0 amide bonds. The third kappa shape index (κ3) is 2.15. The lowest BCUT2D eigenvalue weighted by Gasteiger charge is -2.11. The van der Waals surface area contributed by atoms with Crippen LogP contribution in [0.15, 0.2) is 11.6 Å². The molecule has 0 N–H and O–H groups in total. The maximum Gasteiger partial charge on any atom is 0.152 e. The zero-order valence-electron chi connectivity index (χ0n) is 7.42. The monoisotopic (exact) mass is 153 g/mol. The molecule has 11 heavy (non-hydrogen) atoms. The van der Waals surface area contributed by atoms with Crippen LogP contribution in [0.3, 0.4) is 0 Å². The van der Waals surface area contributed by atoms with E-state index < -0.39 is 0 Å². The summed E-state index contributed by atoms with van der Waals surface area (Å²) in [5.74, 6) is 0.169. The minimum atomic E-state index is 0.169. The van der Waals surface area contributed by atoms with Crippen molar-refractivity contribution in [3.8, 4) is 0 Å². The van der Waals surface area contributed by atoms with E-state index in [0.29, 0.717) is 6.04 Å². The maximum atomic E-state index is 10.7. The minimum Gasteiger partial charge on any atom is -0.299 e. The van der Waals surface area contributed by atoms with Crippen molar-refractivity contribution in [1.82, 2.24) is 4.90 Å². The molecule has 1 atom stereocenters. The van der Waals surface area contributed by atoms with Gasteiger partial charge in [-0.05, 0) is 33.4 Å². The summed E-state index contributed by atoms with van der Waals surface area (Å²) in [7, 11) is 2.09. The zero-order chi connectivity index (χ0) is 8.43. The summed E-state index contributed by atoms with van der Waals surface area (Å²) in [5.41, 5.74) is 1.27. The first-order chi connectivity index (χ1) is 5.09. The number of likely N-dealkylation sites (N-methyl/N-ethyl adjacent to an activating group) is 1. The van der Waals surface area contributed by atoms with Crippen LogP contribution in [-0.4, -0.2) is 30.3 Å². The quantitative estimate of drug-likeness (QED) is 0.528. The molecule has 0 aliphatic carbocycles. The van der Waals surface area contributed by atoms with Crippen molar-refractivity contribution < 1.29 is 4.79 Å². The average Bonchev–Trinajstić information content (AvgIpc) is 2.10. The molecule has 0 saturated carbocycles. The highest BCUT2D eigenvalue weighted by Gasteiger charge is 2.20. The molecule has 1 saturated heterocycles. The van der Waals surface area contributed by atoms with Gasteiger partial charge in [-0.15, -0.1) is 0 Å². The number of allylic oxidation sites excluding steroid dienone is 1. The molecule has 1 unspecified atom stereocenters. The molecular formula is C9H15NO. The predicted molar refractivity (Wildman–Crippen MR) is 45.5 cm³/mol. The molecule has 1 heterocycles. The second-order valence-corrected chi connectivity index (χ2v) is 3.38. The van der Waals surface area contributed by atoms with Gasteiger partial charge in [0.25, 0.3) is 0 Å². The number of rotatable bonds is 1. The summed E-state index contributed by atoms with van der Waals surface area (Å²) < 4.78 is 0. The van der Waals surface area contributed by atoms with Crippen LogP contribution >= 0.6 is 0 Å². The molecule has 62 valence electrons. The van der Waals surface area contributed by atoms with Gasteiger partial charge in [-0.3, -0.25) is 9.69 Å². The fourth-order valence-electron chi connectivity index (χ4n) is 1.47. The first-order valence-electron chi connectivity index (χ1n) is 4.00. The molecule has 1 fully saturated rings. The number of hydrogen-bond acceptors (Lipinski definition) is 2. The Morgan fingerprint density at radius 3 is 2.73 bits per heavy atom. The van der Waals surface area contributed by atoms with Crippen LogP contribution in [0, 0.1) is 0 Å². The third-order valence-corrected chi connectivity index (χ3v) is 2.17. The lowest BCUT2D eigenvalue weighted by molar-refractivity contribution is -0.112.